The van der Waals surface area contributed by atoms with Gasteiger partial charge >= 0.3 is 0 Å². The van der Waals surface area contributed by atoms with E-state index in [1.807, 2.05) is 24.3 Å². The first-order valence-electron chi connectivity index (χ1n) is 13.0. The monoisotopic (exact) mass is 494 g/mol. The molecule has 0 amide bonds. The first-order valence-corrected chi connectivity index (χ1v) is 13.4. The summed E-state index contributed by atoms with van der Waals surface area (Å²) in [6.07, 6.45) is 10.7. The smallest absolute Gasteiger partial charge is 0.126 e. The Labute approximate surface area is 213 Å². The van der Waals surface area contributed by atoms with E-state index in [-0.39, 0.29) is 0 Å². The minimum Gasteiger partial charge on any atom is -0.381 e. The average Bonchev–Trinajstić information content (AvgIpc) is 3.45. The lowest BCUT2D eigenvalue weighted by atomic mass is 9.82. The molecule has 5 rings (SSSR count). The third kappa shape index (κ3) is 5.88. The number of nitriles is 1. The number of hydrogen-bond donors (Lipinski definition) is 2. The summed E-state index contributed by atoms with van der Waals surface area (Å²) in [5.41, 5.74) is 1.25. The van der Waals surface area contributed by atoms with Crippen LogP contribution < -0.4 is 10.6 Å². The van der Waals surface area contributed by atoms with Crippen molar-refractivity contribution in [1.29, 1.82) is 5.26 Å². The van der Waals surface area contributed by atoms with Gasteiger partial charge in [-0.15, -0.1) is 0 Å². The summed E-state index contributed by atoms with van der Waals surface area (Å²) < 4.78 is 5.44. The van der Waals surface area contributed by atoms with E-state index in [1.54, 1.807) is 6.20 Å². The van der Waals surface area contributed by atoms with Gasteiger partial charge in [0.05, 0.1) is 22.2 Å². The van der Waals surface area contributed by atoms with Crippen LogP contribution in [-0.4, -0.2) is 59.8 Å². The topological polar surface area (TPSA) is 86.1 Å². The van der Waals surface area contributed by atoms with Crippen LogP contribution in [-0.2, 0) is 4.74 Å². The molecule has 0 radical (unpaired) electrons. The molecule has 0 aromatic carbocycles. The number of aromatic nitrogens is 2. The maximum atomic E-state index is 9.72. The predicted octanol–water partition coefficient (Wildman–Crippen LogP) is 5.35. The van der Waals surface area contributed by atoms with Crippen molar-refractivity contribution in [3.63, 3.8) is 0 Å². The Kier molecular flexibility index (Phi) is 7.72. The van der Waals surface area contributed by atoms with E-state index >= 15 is 0 Å². The third-order valence-corrected chi connectivity index (χ3v) is 8.18. The van der Waals surface area contributed by atoms with E-state index in [2.05, 4.69) is 26.6 Å². The van der Waals surface area contributed by atoms with E-state index in [0.717, 1.165) is 41.8 Å². The van der Waals surface area contributed by atoms with Crippen molar-refractivity contribution in [2.45, 2.75) is 63.5 Å². The van der Waals surface area contributed by atoms with E-state index in [0.29, 0.717) is 30.8 Å². The Morgan fingerprint density at radius 3 is 2.63 bits per heavy atom. The van der Waals surface area contributed by atoms with E-state index in [1.165, 1.54) is 51.6 Å². The molecule has 2 saturated heterocycles. The molecular weight excluding hydrogens is 460 g/mol. The summed E-state index contributed by atoms with van der Waals surface area (Å²) in [4.78, 5) is 12.0. The normalized spacial score (nSPS) is 24.6. The molecule has 2 aliphatic heterocycles. The number of pyridine rings is 2. The van der Waals surface area contributed by atoms with Crippen LogP contribution in [0.1, 0.15) is 51.4 Å². The van der Waals surface area contributed by atoms with Crippen molar-refractivity contribution >= 4 is 23.2 Å². The van der Waals surface area contributed by atoms with Crippen LogP contribution in [0.5, 0.6) is 0 Å². The highest BCUT2D eigenvalue weighted by Gasteiger charge is 2.32. The molecule has 0 atom stereocenters. The van der Waals surface area contributed by atoms with Gasteiger partial charge in [-0.3, -0.25) is 0 Å². The van der Waals surface area contributed by atoms with Crippen LogP contribution in [0.3, 0.4) is 0 Å². The number of hydrogen-bond acceptors (Lipinski definition) is 7. The van der Waals surface area contributed by atoms with Gasteiger partial charge in [-0.2, -0.15) is 5.26 Å². The number of anilines is 2. The number of nitrogens with one attached hydrogen (secondary N) is 2. The average molecular weight is 495 g/mol. The molecule has 0 spiro atoms. The second-order valence-electron chi connectivity index (χ2n) is 10.2. The second kappa shape index (κ2) is 11.1. The summed E-state index contributed by atoms with van der Waals surface area (Å²) >= 11 is 6.55. The Hall–Kier alpha value is -2.40. The fraction of sp³-hybridized carbons (Fsp3) is 0.593. The fourth-order valence-electron chi connectivity index (χ4n) is 5.65. The molecule has 2 aromatic heterocycles. The Balaban J connectivity index is 1.23. The zero-order valence-electron chi connectivity index (χ0n) is 20.3. The van der Waals surface area contributed by atoms with Crippen LogP contribution in [0.15, 0.2) is 30.5 Å². The Morgan fingerprint density at radius 1 is 1.11 bits per heavy atom. The summed E-state index contributed by atoms with van der Waals surface area (Å²) in [5.74, 6) is 1.59. The number of halogens is 1. The van der Waals surface area contributed by atoms with Gasteiger partial charge < -0.3 is 20.3 Å². The van der Waals surface area contributed by atoms with Crippen LogP contribution in [0.4, 0.5) is 11.6 Å². The van der Waals surface area contributed by atoms with Gasteiger partial charge in [0.15, 0.2) is 0 Å². The van der Waals surface area contributed by atoms with Crippen molar-refractivity contribution in [2.75, 3.05) is 43.5 Å². The Morgan fingerprint density at radius 2 is 1.89 bits per heavy atom. The number of nitrogens with zero attached hydrogens (tertiary/aromatic N) is 4. The molecule has 4 heterocycles. The highest BCUT2D eigenvalue weighted by Crippen LogP contribution is 2.33. The molecule has 3 aliphatic rings. The highest BCUT2D eigenvalue weighted by molar-refractivity contribution is 6.33. The molecule has 35 heavy (non-hydrogen) atoms. The molecule has 2 aromatic rings. The molecule has 2 N–H and O–H groups in total. The third-order valence-electron chi connectivity index (χ3n) is 7.88. The maximum Gasteiger partial charge on any atom is 0.126 e. The van der Waals surface area contributed by atoms with Crippen LogP contribution >= 0.6 is 11.6 Å². The molecule has 0 unspecified atom stereocenters. The van der Waals surface area contributed by atoms with E-state index in [4.69, 9.17) is 21.3 Å². The largest absolute Gasteiger partial charge is 0.381 e. The standard InChI is InChI=1S/C27H35ClN6O/c28-23-17-30-26(32-20-6-8-21(9-7-20)34-12-1-2-13-34)16-22(23)24-4-3-5-25(33-24)31-19-27(18-29)10-14-35-15-11-27/h3-5,16-17,20-21H,1-2,6-15,19H2,(H,30,32)(H,31,33). The summed E-state index contributed by atoms with van der Waals surface area (Å²) in [5, 5.41) is 17.3. The quantitative estimate of drug-likeness (QED) is 0.536. The minimum atomic E-state index is -0.408. The number of likely N-dealkylation sites (tertiary alicyclic amines) is 1. The number of ether oxygens (including phenoxy) is 1. The lowest BCUT2D eigenvalue weighted by Gasteiger charge is -2.35. The van der Waals surface area contributed by atoms with Gasteiger partial charge in [0.1, 0.15) is 11.6 Å². The molecule has 1 aliphatic carbocycles. The molecule has 8 heteroatoms. The molecular formula is C27H35ClN6O. The van der Waals surface area contributed by atoms with Crippen molar-refractivity contribution in [3.05, 3.63) is 35.5 Å². The Bertz CT molecular complexity index is 1040. The second-order valence-corrected chi connectivity index (χ2v) is 10.6. The first kappa shape index (κ1) is 24.3. The summed E-state index contributed by atoms with van der Waals surface area (Å²) in [7, 11) is 0. The van der Waals surface area contributed by atoms with Crippen molar-refractivity contribution in [3.8, 4) is 17.3 Å². The molecule has 3 fully saturated rings. The minimum absolute atomic E-state index is 0.408. The van der Waals surface area contributed by atoms with E-state index < -0.39 is 5.41 Å². The van der Waals surface area contributed by atoms with Crippen molar-refractivity contribution in [2.24, 2.45) is 5.41 Å². The number of rotatable bonds is 7. The lowest BCUT2D eigenvalue weighted by molar-refractivity contribution is 0.0455. The summed E-state index contributed by atoms with van der Waals surface area (Å²) in [6.45, 7) is 4.37. The van der Waals surface area contributed by atoms with Gasteiger partial charge in [-0.1, -0.05) is 17.7 Å². The lowest BCUT2D eigenvalue weighted by Crippen LogP contribution is -2.38. The first-order chi connectivity index (χ1) is 17.1. The van der Waals surface area contributed by atoms with Gasteiger partial charge in [-0.05, 0) is 82.7 Å². The van der Waals surface area contributed by atoms with Crippen molar-refractivity contribution in [1.82, 2.24) is 14.9 Å². The predicted molar refractivity (Wildman–Crippen MR) is 140 cm³/mol. The summed E-state index contributed by atoms with van der Waals surface area (Å²) in [6, 6.07) is 11.6. The SMILES string of the molecule is N#CC1(CNc2cccc(-c3cc(NC4CCC(N5CCCC5)CC4)ncc3Cl)n2)CCOCC1. The zero-order chi connectivity index (χ0) is 24.1. The molecule has 0 bridgehead atoms. The van der Waals surface area contributed by atoms with Gasteiger partial charge in [-0.25, -0.2) is 9.97 Å². The van der Waals surface area contributed by atoms with E-state index in [9.17, 15) is 5.26 Å². The molecule has 1 saturated carbocycles. The van der Waals surface area contributed by atoms with Gasteiger partial charge in [0.2, 0.25) is 0 Å². The highest BCUT2D eigenvalue weighted by atomic mass is 35.5. The van der Waals surface area contributed by atoms with Crippen LogP contribution in [0.2, 0.25) is 5.02 Å². The zero-order valence-corrected chi connectivity index (χ0v) is 21.1. The molecule has 186 valence electrons. The van der Waals surface area contributed by atoms with Crippen LogP contribution in [0, 0.1) is 16.7 Å². The maximum absolute atomic E-state index is 9.72. The van der Waals surface area contributed by atoms with Crippen molar-refractivity contribution < 1.29 is 4.74 Å². The fourth-order valence-corrected chi connectivity index (χ4v) is 5.85. The van der Waals surface area contributed by atoms with Crippen LogP contribution in [0.25, 0.3) is 11.3 Å². The van der Waals surface area contributed by atoms with Gasteiger partial charge in [0.25, 0.3) is 0 Å². The molecule has 7 nitrogen and oxygen atoms in total. The van der Waals surface area contributed by atoms with Gasteiger partial charge in [0, 0.05) is 43.6 Å².